The van der Waals surface area contributed by atoms with Crippen molar-refractivity contribution in [2.75, 3.05) is 21.3 Å². The summed E-state index contributed by atoms with van der Waals surface area (Å²) in [5.74, 6) is 0.764. The largest absolute Gasteiger partial charge is 0.493 e. The normalized spacial score (nSPS) is 21.7. The van der Waals surface area contributed by atoms with E-state index in [1.54, 1.807) is 28.3 Å². The van der Waals surface area contributed by atoms with Crippen LogP contribution in [0, 0.1) is 11.8 Å². The summed E-state index contributed by atoms with van der Waals surface area (Å²) in [5, 5.41) is 0. The summed E-state index contributed by atoms with van der Waals surface area (Å²) < 4.78 is 16.1. The monoisotopic (exact) mass is 354 g/mol. The second kappa shape index (κ2) is 7.20. The Morgan fingerprint density at radius 3 is 1.88 bits per heavy atom. The van der Waals surface area contributed by atoms with Gasteiger partial charge < -0.3 is 14.2 Å². The fourth-order valence-corrected chi connectivity index (χ4v) is 3.55. The lowest BCUT2D eigenvalue weighted by Crippen LogP contribution is -2.36. The van der Waals surface area contributed by atoms with Crippen molar-refractivity contribution in [1.82, 2.24) is 0 Å². The minimum absolute atomic E-state index is 0.00134. The molecule has 0 saturated carbocycles. The molecule has 1 aromatic carbocycles. The predicted octanol–water partition coefficient (Wildman–Crippen LogP) is 3.08. The Kier molecular flexibility index (Phi) is 4.98. The highest BCUT2D eigenvalue weighted by Gasteiger charge is 2.39. The topological polar surface area (TPSA) is 61.8 Å². The van der Waals surface area contributed by atoms with Crippen LogP contribution in [0.3, 0.4) is 0 Å². The highest BCUT2D eigenvalue weighted by molar-refractivity contribution is 6.15. The first-order valence-electron chi connectivity index (χ1n) is 8.43. The van der Waals surface area contributed by atoms with Crippen LogP contribution in [0.1, 0.15) is 12.5 Å². The number of ether oxygens (including phenoxy) is 3. The molecule has 0 amide bonds. The van der Waals surface area contributed by atoms with Crippen LogP contribution in [0.2, 0.25) is 0 Å². The second-order valence-electron chi connectivity index (χ2n) is 6.36. The third-order valence-electron chi connectivity index (χ3n) is 4.97. The molecule has 0 heterocycles. The molecule has 5 nitrogen and oxygen atoms in total. The zero-order valence-corrected chi connectivity index (χ0v) is 15.4. The standard InChI is InChI=1S/C21H22O5/c1-12-16(20(23)15-8-6-5-7-14(15)19(12)22)9-13-10-17(24-2)21(26-4)18(11-13)25-3/h5-8,10-11,14-15H,9H2,1-4H3. The molecule has 5 heteroatoms. The van der Waals surface area contributed by atoms with E-state index in [0.717, 1.165) is 5.56 Å². The maximum atomic E-state index is 13.0. The molecule has 1 aromatic rings. The second-order valence-corrected chi connectivity index (χ2v) is 6.36. The van der Waals surface area contributed by atoms with Crippen LogP contribution in [-0.2, 0) is 16.0 Å². The predicted molar refractivity (Wildman–Crippen MR) is 97.8 cm³/mol. The fraction of sp³-hybridized carbons (Fsp3) is 0.333. The van der Waals surface area contributed by atoms with Crippen molar-refractivity contribution in [2.45, 2.75) is 13.3 Å². The number of allylic oxidation sites excluding steroid dienone is 6. The van der Waals surface area contributed by atoms with E-state index in [9.17, 15) is 9.59 Å². The Morgan fingerprint density at radius 1 is 0.846 bits per heavy atom. The van der Waals surface area contributed by atoms with E-state index in [-0.39, 0.29) is 17.5 Å². The van der Waals surface area contributed by atoms with Gasteiger partial charge in [-0.15, -0.1) is 0 Å². The quantitative estimate of drug-likeness (QED) is 0.813. The van der Waals surface area contributed by atoms with E-state index >= 15 is 0 Å². The highest BCUT2D eigenvalue weighted by Crippen LogP contribution is 2.40. The number of methoxy groups -OCH3 is 3. The summed E-state index contributed by atoms with van der Waals surface area (Å²) >= 11 is 0. The minimum atomic E-state index is -0.409. The molecule has 0 aliphatic heterocycles. The molecule has 0 aromatic heterocycles. The van der Waals surface area contributed by atoms with Crippen LogP contribution in [0.4, 0.5) is 0 Å². The molecule has 0 radical (unpaired) electrons. The molecule has 0 fully saturated rings. The zero-order chi connectivity index (χ0) is 18.8. The Hall–Kier alpha value is -2.82. The van der Waals surface area contributed by atoms with Crippen LogP contribution in [-0.4, -0.2) is 32.9 Å². The maximum absolute atomic E-state index is 13.0. The fourth-order valence-electron chi connectivity index (χ4n) is 3.55. The van der Waals surface area contributed by atoms with Crippen molar-refractivity contribution < 1.29 is 23.8 Å². The van der Waals surface area contributed by atoms with Crippen LogP contribution >= 0.6 is 0 Å². The van der Waals surface area contributed by atoms with Gasteiger partial charge in [0.15, 0.2) is 23.1 Å². The number of rotatable bonds is 5. The van der Waals surface area contributed by atoms with Gasteiger partial charge in [-0.1, -0.05) is 24.3 Å². The molecule has 136 valence electrons. The number of carbonyl (C=O) groups is 2. The molecular weight excluding hydrogens is 332 g/mol. The maximum Gasteiger partial charge on any atom is 0.203 e. The van der Waals surface area contributed by atoms with Gasteiger partial charge in [0.2, 0.25) is 5.75 Å². The van der Waals surface area contributed by atoms with E-state index in [2.05, 4.69) is 0 Å². The van der Waals surface area contributed by atoms with E-state index in [1.807, 2.05) is 36.4 Å². The molecule has 2 unspecified atom stereocenters. The van der Waals surface area contributed by atoms with E-state index in [0.29, 0.717) is 34.8 Å². The lowest BCUT2D eigenvalue weighted by atomic mass is 9.71. The first-order chi connectivity index (χ1) is 12.5. The van der Waals surface area contributed by atoms with Crippen molar-refractivity contribution in [3.8, 4) is 17.2 Å². The zero-order valence-electron chi connectivity index (χ0n) is 15.4. The molecule has 0 N–H and O–H groups in total. The Balaban J connectivity index is 2.01. The summed E-state index contributed by atoms with van der Waals surface area (Å²) in [6.07, 6.45) is 7.61. The van der Waals surface area contributed by atoms with Gasteiger partial charge in [-0.2, -0.15) is 0 Å². The number of carbonyl (C=O) groups excluding carboxylic acids is 2. The van der Waals surface area contributed by atoms with Crippen molar-refractivity contribution >= 4 is 11.6 Å². The van der Waals surface area contributed by atoms with Crippen molar-refractivity contribution in [3.63, 3.8) is 0 Å². The Morgan fingerprint density at radius 2 is 1.38 bits per heavy atom. The van der Waals surface area contributed by atoms with Gasteiger partial charge in [-0.05, 0) is 30.2 Å². The van der Waals surface area contributed by atoms with Crippen molar-refractivity contribution in [1.29, 1.82) is 0 Å². The lowest BCUT2D eigenvalue weighted by molar-refractivity contribution is -0.127. The van der Waals surface area contributed by atoms with Gasteiger partial charge in [-0.25, -0.2) is 0 Å². The van der Waals surface area contributed by atoms with Crippen molar-refractivity contribution in [2.24, 2.45) is 11.8 Å². The number of ketones is 2. The molecule has 0 bridgehead atoms. The number of hydrogen-bond acceptors (Lipinski definition) is 5. The van der Waals surface area contributed by atoms with E-state index in [1.165, 1.54) is 0 Å². The van der Waals surface area contributed by atoms with Gasteiger partial charge in [0.05, 0.1) is 33.2 Å². The first-order valence-corrected chi connectivity index (χ1v) is 8.43. The van der Waals surface area contributed by atoms with Gasteiger partial charge in [0.25, 0.3) is 0 Å². The molecule has 2 atom stereocenters. The van der Waals surface area contributed by atoms with Crippen LogP contribution in [0.5, 0.6) is 17.2 Å². The van der Waals surface area contributed by atoms with Gasteiger partial charge >= 0.3 is 0 Å². The third-order valence-corrected chi connectivity index (χ3v) is 4.97. The molecule has 0 spiro atoms. The SMILES string of the molecule is COc1cc(CC2=C(C)C(=O)C3C=CC=CC3C2=O)cc(OC)c1OC. The molecule has 26 heavy (non-hydrogen) atoms. The summed E-state index contributed by atoms with van der Waals surface area (Å²) in [6.45, 7) is 1.73. The van der Waals surface area contributed by atoms with E-state index < -0.39 is 5.92 Å². The van der Waals surface area contributed by atoms with Crippen LogP contribution in [0.15, 0.2) is 47.6 Å². The molecule has 0 saturated heterocycles. The van der Waals surface area contributed by atoms with Gasteiger partial charge in [0, 0.05) is 12.0 Å². The van der Waals surface area contributed by atoms with Crippen molar-refractivity contribution in [3.05, 3.63) is 53.1 Å². The average Bonchev–Trinajstić information content (AvgIpc) is 2.68. The van der Waals surface area contributed by atoms with Crippen LogP contribution < -0.4 is 14.2 Å². The Labute approximate surface area is 152 Å². The minimum Gasteiger partial charge on any atom is -0.493 e. The molecular formula is C21H22O5. The van der Waals surface area contributed by atoms with Gasteiger partial charge in [-0.3, -0.25) is 9.59 Å². The summed E-state index contributed by atoms with van der Waals surface area (Å²) in [4.78, 5) is 25.7. The highest BCUT2D eigenvalue weighted by atomic mass is 16.5. The summed E-state index contributed by atoms with van der Waals surface area (Å²) in [5.41, 5.74) is 1.90. The number of benzene rings is 1. The number of Topliss-reactive ketones (excluding diaryl/α,β-unsaturated/α-hetero) is 2. The van der Waals surface area contributed by atoms with Gasteiger partial charge in [0.1, 0.15) is 0 Å². The summed E-state index contributed by atoms with van der Waals surface area (Å²) in [7, 11) is 4.63. The average molecular weight is 354 g/mol. The van der Waals surface area contributed by atoms with Crippen LogP contribution in [0.25, 0.3) is 0 Å². The lowest BCUT2D eigenvalue weighted by Gasteiger charge is -2.29. The Bertz CT molecular complexity index is 819. The van der Waals surface area contributed by atoms with E-state index in [4.69, 9.17) is 14.2 Å². The third kappa shape index (κ3) is 2.94. The molecule has 3 rings (SSSR count). The number of fused-ring (bicyclic) bond motifs is 1. The molecule has 2 aliphatic carbocycles. The molecule has 2 aliphatic rings. The first kappa shape index (κ1) is 18.0. The number of hydrogen-bond donors (Lipinski definition) is 0. The smallest absolute Gasteiger partial charge is 0.203 e. The summed E-state index contributed by atoms with van der Waals surface area (Å²) in [6, 6.07) is 3.62.